The van der Waals surface area contributed by atoms with E-state index in [0.29, 0.717) is 17.1 Å². The zero-order valence-corrected chi connectivity index (χ0v) is 16.5. The van der Waals surface area contributed by atoms with E-state index in [1.165, 1.54) is 49.7 Å². The first-order valence-corrected chi connectivity index (χ1v) is 10.6. The number of phenols is 1. The second-order valence-electron chi connectivity index (χ2n) is 9.27. The topological polar surface area (TPSA) is 49.7 Å². The van der Waals surface area contributed by atoms with Crippen LogP contribution < -0.4 is 4.74 Å². The van der Waals surface area contributed by atoms with Crippen LogP contribution in [0, 0.1) is 23.2 Å². The Morgan fingerprint density at radius 2 is 2.04 bits per heavy atom. The molecule has 0 bridgehead atoms. The molecule has 2 fully saturated rings. The molecule has 0 heterocycles. The Bertz CT molecular complexity index is 670. The molecule has 0 spiro atoms. The number of aliphatic hydroxyl groups excluding tert-OH is 1. The van der Waals surface area contributed by atoms with E-state index in [9.17, 15) is 10.2 Å². The van der Waals surface area contributed by atoms with Crippen molar-refractivity contribution in [3.63, 3.8) is 0 Å². The lowest BCUT2D eigenvalue weighted by Crippen LogP contribution is -2.42. The van der Waals surface area contributed by atoms with Gasteiger partial charge in [0.15, 0.2) is 11.5 Å². The van der Waals surface area contributed by atoms with Crippen LogP contribution in [0.5, 0.6) is 11.5 Å². The highest BCUT2D eigenvalue weighted by Crippen LogP contribution is 2.63. The Kier molecular flexibility index (Phi) is 4.71. The molecule has 144 valence electrons. The number of hydrogen-bond donors (Lipinski definition) is 2. The molecule has 0 radical (unpaired) electrons. The molecule has 3 nitrogen and oxygen atoms in total. The Morgan fingerprint density at radius 1 is 1.23 bits per heavy atom. The molecule has 0 amide bonds. The highest BCUT2D eigenvalue weighted by atomic mass is 16.5. The highest BCUT2D eigenvalue weighted by Gasteiger charge is 2.54. The summed E-state index contributed by atoms with van der Waals surface area (Å²) in [5, 5.41) is 19.6. The predicted molar refractivity (Wildman–Crippen MR) is 104 cm³/mol. The van der Waals surface area contributed by atoms with Crippen molar-refractivity contribution in [1.82, 2.24) is 0 Å². The van der Waals surface area contributed by atoms with Crippen LogP contribution in [0.2, 0.25) is 0 Å². The standard InChI is InChI=1S/C23H34O3/c1-4-16-6-8-20-18-7-5-15-11-21(25)22(26-14(2)13-24)12-19(15)17(18)9-10-23(16,20)3/h11-12,14,16-18,20,24-25H,4-10,13H2,1-3H3/t14?,16-,17-,18+,20-,23+/m0/s1. The normalized spacial score (nSPS) is 36.8. The molecule has 1 aromatic carbocycles. The number of aliphatic hydroxyl groups is 1. The summed E-state index contributed by atoms with van der Waals surface area (Å²) in [6.45, 7) is 6.73. The molecule has 6 atom stereocenters. The summed E-state index contributed by atoms with van der Waals surface area (Å²) in [5.74, 6) is 3.91. The van der Waals surface area contributed by atoms with Crippen LogP contribution in [0.1, 0.15) is 76.3 Å². The van der Waals surface area contributed by atoms with E-state index in [-0.39, 0.29) is 18.5 Å². The monoisotopic (exact) mass is 358 g/mol. The maximum atomic E-state index is 10.4. The minimum Gasteiger partial charge on any atom is -0.504 e. The number of phenolic OH excluding ortho intramolecular Hbond substituents is 1. The maximum absolute atomic E-state index is 10.4. The summed E-state index contributed by atoms with van der Waals surface area (Å²) in [6, 6.07) is 4.00. The van der Waals surface area contributed by atoms with Crippen LogP contribution in [0.25, 0.3) is 0 Å². The molecule has 2 saturated carbocycles. The van der Waals surface area contributed by atoms with Gasteiger partial charge in [0.1, 0.15) is 6.10 Å². The van der Waals surface area contributed by atoms with Gasteiger partial charge in [-0.25, -0.2) is 0 Å². The van der Waals surface area contributed by atoms with Gasteiger partial charge in [0.25, 0.3) is 0 Å². The van der Waals surface area contributed by atoms with Crippen LogP contribution >= 0.6 is 0 Å². The third kappa shape index (κ3) is 2.74. The number of aryl methyl sites for hydroxylation is 1. The van der Waals surface area contributed by atoms with Gasteiger partial charge >= 0.3 is 0 Å². The van der Waals surface area contributed by atoms with E-state index in [4.69, 9.17) is 4.74 Å². The van der Waals surface area contributed by atoms with Crippen molar-refractivity contribution in [1.29, 1.82) is 0 Å². The Balaban J connectivity index is 1.65. The fourth-order valence-electron chi connectivity index (χ4n) is 6.72. The molecule has 0 aliphatic heterocycles. The molecule has 1 unspecified atom stereocenters. The van der Waals surface area contributed by atoms with Gasteiger partial charge in [-0.2, -0.15) is 0 Å². The van der Waals surface area contributed by atoms with Gasteiger partial charge in [0.05, 0.1) is 6.61 Å². The fourth-order valence-corrected chi connectivity index (χ4v) is 6.72. The number of ether oxygens (including phenoxy) is 1. The van der Waals surface area contributed by atoms with Gasteiger partial charge in [-0.3, -0.25) is 0 Å². The van der Waals surface area contributed by atoms with Crippen molar-refractivity contribution >= 4 is 0 Å². The van der Waals surface area contributed by atoms with Gasteiger partial charge < -0.3 is 14.9 Å². The first-order valence-electron chi connectivity index (χ1n) is 10.6. The third-order valence-electron chi connectivity index (χ3n) is 8.08. The fraction of sp³-hybridized carbons (Fsp3) is 0.739. The van der Waals surface area contributed by atoms with E-state index in [2.05, 4.69) is 19.9 Å². The molecule has 26 heavy (non-hydrogen) atoms. The van der Waals surface area contributed by atoms with Crippen LogP contribution in [0.4, 0.5) is 0 Å². The SMILES string of the molecule is CC[C@H]1CC[C@H]2[C@@H]3CCc4cc(O)c(OC(C)CO)cc4[C@H]3CC[C@]12C. The minimum atomic E-state index is -0.298. The van der Waals surface area contributed by atoms with Crippen molar-refractivity contribution < 1.29 is 14.9 Å². The molecule has 1 aromatic rings. The van der Waals surface area contributed by atoms with E-state index in [1.807, 2.05) is 13.0 Å². The zero-order valence-electron chi connectivity index (χ0n) is 16.5. The van der Waals surface area contributed by atoms with E-state index < -0.39 is 0 Å². The van der Waals surface area contributed by atoms with Gasteiger partial charge in [0.2, 0.25) is 0 Å². The molecule has 3 heteroatoms. The first kappa shape index (κ1) is 18.2. The average Bonchev–Trinajstić information content (AvgIpc) is 2.98. The smallest absolute Gasteiger partial charge is 0.161 e. The molecule has 2 N–H and O–H groups in total. The number of benzene rings is 1. The number of fused-ring (bicyclic) bond motifs is 5. The molecule has 0 aromatic heterocycles. The molecular weight excluding hydrogens is 324 g/mol. The Labute approximate surface area is 157 Å². The second kappa shape index (κ2) is 6.74. The predicted octanol–water partition coefficient (Wildman–Crippen LogP) is 5.03. The quantitative estimate of drug-likeness (QED) is 0.793. The summed E-state index contributed by atoms with van der Waals surface area (Å²) in [7, 11) is 0. The summed E-state index contributed by atoms with van der Waals surface area (Å²) in [6.07, 6.45) is 8.77. The van der Waals surface area contributed by atoms with Crippen LogP contribution in [0.3, 0.4) is 0 Å². The molecular formula is C23H34O3. The van der Waals surface area contributed by atoms with Gasteiger partial charge in [-0.05, 0) is 97.8 Å². The lowest BCUT2D eigenvalue weighted by atomic mass is 9.54. The van der Waals surface area contributed by atoms with Crippen LogP contribution in [-0.4, -0.2) is 22.9 Å². The second-order valence-corrected chi connectivity index (χ2v) is 9.27. The lowest BCUT2D eigenvalue weighted by Gasteiger charge is -2.51. The van der Waals surface area contributed by atoms with Crippen molar-refractivity contribution in [2.45, 2.75) is 77.7 Å². The van der Waals surface area contributed by atoms with E-state index in [0.717, 1.165) is 24.2 Å². The molecule has 3 aliphatic rings. The lowest BCUT2D eigenvalue weighted by molar-refractivity contribution is 0.0272. The van der Waals surface area contributed by atoms with Gasteiger partial charge in [-0.15, -0.1) is 0 Å². The largest absolute Gasteiger partial charge is 0.504 e. The van der Waals surface area contributed by atoms with Gasteiger partial charge in [0, 0.05) is 0 Å². The van der Waals surface area contributed by atoms with Crippen LogP contribution in [0.15, 0.2) is 12.1 Å². The third-order valence-corrected chi connectivity index (χ3v) is 8.08. The number of aromatic hydroxyl groups is 1. The molecule has 3 aliphatic carbocycles. The number of hydrogen-bond acceptors (Lipinski definition) is 3. The first-order chi connectivity index (χ1) is 12.5. The molecule has 0 saturated heterocycles. The zero-order chi connectivity index (χ0) is 18.5. The Morgan fingerprint density at radius 3 is 2.77 bits per heavy atom. The van der Waals surface area contributed by atoms with E-state index in [1.54, 1.807) is 0 Å². The van der Waals surface area contributed by atoms with Crippen molar-refractivity contribution in [3.8, 4) is 11.5 Å². The summed E-state index contributed by atoms with van der Waals surface area (Å²) >= 11 is 0. The highest BCUT2D eigenvalue weighted by molar-refractivity contribution is 5.49. The van der Waals surface area contributed by atoms with Crippen LogP contribution in [-0.2, 0) is 6.42 Å². The maximum Gasteiger partial charge on any atom is 0.161 e. The Hall–Kier alpha value is -1.22. The molecule has 4 rings (SSSR count). The minimum absolute atomic E-state index is 0.0403. The van der Waals surface area contributed by atoms with E-state index >= 15 is 0 Å². The summed E-state index contributed by atoms with van der Waals surface area (Å²) in [5.41, 5.74) is 3.25. The van der Waals surface area contributed by atoms with Crippen molar-refractivity contribution in [2.75, 3.05) is 6.61 Å². The van der Waals surface area contributed by atoms with Gasteiger partial charge in [-0.1, -0.05) is 20.3 Å². The van der Waals surface area contributed by atoms with Crippen molar-refractivity contribution in [3.05, 3.63) is 23.3 Å². The van der Waals surface area contributed by atoms with Crippen molar-refractivity contribution in [2.24, 2.45) is 23.2 Å². The average molecular weight is 359 g/mol. The summed E-state index contributed by atoms with van der Waals surface area (Å²) < 4.78 is 5.78. The number of rotatable bonds is 4. The summed E-state index contributed by atoms with van der Waals surface area (Å²) in [4.78, 5) is 0.